The van der Waals surface area contributed by atoms with Crippen molar-refractivity contribution in [1.82, 2.24) is 9.91 Å². The van der Waals surface area contributed by atoms with Crippen LogP contribution in [-0.4, -0.2) is 91.6 Å². The zero-order valence-corrected chi connectivity index (χ0v) is 16.5. The van der Waals surface area contributed by atoms with Crippen molar-refractivity contribution in [3.8, 4) is 0 Å². The number of hydrogen-bond acceptors (Lipinski definition) is 6. The Balaban J connectivity index is 1.46. The minimum atomic E-state index is -4.32. The van der Waals surface area contributed by atoms with E-state index < -0.39 is 18.8 Å². The number of likely N-dealkylation sites (tertiary alicyclic amines) is 1. The fourth-order valence-electron chi connectivity index (χ4n) is 4.85. The fraction of sp³-hybridized carbons (Fsp3) is 0.789. The lowest BCUT2D eigenvalue weighted by atomic mass is 9.78. The van der Waals surface area contributed by atoms with Gasteiger partial charge in [-0.1, -0.05) is 6.92 Å². The molecule has 1 amide bonds. The molecule has 6 unspecified atom stereocenters. The van der Waals surface area contributed by atoms with Gasteiger partial charge in [0, 0.05) is 31.2 Å². The van der Waals surface area contributed by atoms with E-state index >= 15 is 0 Å². The smallest absolute Gasteiger partial charge is 0.380 e. The SMILES string of the molecule is COC1CN=CC(C2CC(C)C3C(=O)N(C4C=NN(CC(F)(F)F)C4)CC3=N2)C1. The molecule has 0 bridgehead atoms. The second-order valence-corrected chi connectivity index (χ2v) is 8.41. The quantitative estimate of drug-likeness (QED) is 0.704. The van der Waals surface area contributed by atoms with Crippen LogP contribution in [-0.2, 0) is 9.53 Å². The Morgan fingerprint density at radius 2 is 2.07 bits per heavy atom. The zero-order chi connectivity index (χ0) is 20.8. The van der Waals surface area contributed by atoms with Gasteiger partial charge in [-0.05, 0) is 18.8 Å². The number of methoxy groups -OCH3 is 1. The molecule has 0 aromatic rings. The van der Waals surface area contributed by atoms with E-state index in [9.17, 15) is 18.0 Å². The van der Waals surface area contributed by atoms with Crippen LogP contribution in [0.4, 0.5) is 13.2 Å². The van der Waals surface area contributed by atoms with Crippen LogP contribution in [0.5, 0.6) is 0 Å². The molecule has 7 nitrogen and oxygen atoms in total. The van der Waals surface area contributed by atoms with Gasteiger partial charge in [0.15, 0.2) is 0 Å². The summed E-state index contributed by atoms with van der Waals surface area (Å²) in [6.07, 6.45) is 0.834. The molecule has 4 aliphatic heterocycles. The van der Waals surface area contributed by atoms with E-state index in [1.165, 1.54) is 6.21 Å². The first kappa shape index (κ1) is 20.3. The van der Waals surface area contributed by atoms with E-state index in [4.69, 9.17) is 9.73 Å². The van der Waals surface area contributed by atoms with Gasteiger partial charge in [-0.2, -0.15) is 18.3 Å². The first-order valence-electron chi connectivity index (χ1n) is 10.0. The summed E-state index contributed by atoms with van der Waals surface area (Å²) in [4.78, 5) is 24.0. The summed E-state index contributed by atoms with van der Waals surface area (Å²) in [6.45, 7) is 2.04. The third-order valence-corrected chi connectivity index (χ3v) is 6.28. The molecule has 4 rings (SSSR count). The molecular weight excluding hydrogens is 387 g/mol. The second kappa shape index (κ2) is 7.70. The lowest BCUT2D eigenvalue weighted by Crippen LogP contribution is -2.43. The summed E-state index contributed by atoms with van der Waals surface area (Å²) < 4.78 is 43.3. The summed E-state index contributed by atoms with van der Waals surface area (Å²) in [5.74, 6) is -0.0165. The van der Waals surface area contributed by atoms with Gasteiger partial charge in [-0.25, -0.2) is 0 Å². The highest BCUT2D eigenvalue weighted by molar-refractivity contribution is 6.12. The van der Waals surface area contributed by atoms with Gasteiger partial charge >= 0.3 is 6.18 Å². The molecule has 29 heavy (non-hydrogen) atoms. The third kappa shape index (κ3) is 4.17. The van der Waals surface area contributed by atoms with Crippen molar-refractivity contribution >= 4 is 24.0 Å². The number of rotatable bonds is 4. The molecule has 4 aliphatic rings. The van der Waals surface area contributed by atoms with Crippen LogP contribution in [0.1, 0.15) is 19.8 Å². The number of alkyl halides is 3. The Kier molecular flexibility index (Phi) is 5.39. The van der Waals surface area contributed by atoms with Crippen molar-refractivity contribution in [2.75, 3.05) is 33.3 Å². The largest absolute Gasteiger partial charge is 0.407 e. The van der Waals surface area contributed by atoms with Crippen LogP contribution in [0.3, 0.4) is 0 Å². The van der Waals surface area contributed by atoms with Crippen molar-refractivity contribution in [1.29, 1.82) is 0 Å². The Hall–Kier alpha value is -1.97. The first-order chi connectivity index (χ1) is 13.7. The Bertz CT molecular complexity index is 738. The lowest BCUT2D eigenvalue weighted by Gasteiger charge is -2.34. The average Bonchev–Trinajstić information content (AvgIpc) is 3.24. The maximum atomic E-state index is 13.0. The molecule has 6 atom stereocenters. The summed E-state index contributed by atoms with van der Waals surface area (Å²) in [7, 11) is 1.69. The zero-order valence-electron chi connectivity index (χ0n) is 16.5. The predicted octanol–water partition coefficient (Wildman–Crippen LogP) is 1.63. The highest BCUT2D eigenvalue weighted by atomic mass is 19.4. The van der Waals surface area contributed by atoms with E-state index in [1.54, 1.807) is 12.0 Å². The Labute approximate surface area is 167 Å². The van der Waals surface area contributed by atoms with Gasteiger partial charge in [-0.15, -0.1) is 0 Å². The average molecular weight is 413 g/mol. The Morgan fingerprint density at radius 1 is 1.28 bits per heavy atom. The van der Waals surface area contributed by atoms with Crippen molar-refractivity contribution < 1.29 is 22.7 Å². The van der Waals surface area contributed by atoms with Gasteiger partial charge in [0.2, 0.25) is 5.91 Å². The van der Waals surface area contributed by atoms with Crippen molar-refractivity contribution in [3.05, 3.63) is 0 Å². The first-order valence-corrected chi connectivity index (χ1v) is 10.0. The number of hydrazone groups is 1. The number of carbonyl (C=O) groups excluding carboxylic acids is 1. The minimum Gasteiger partial charge on any atom is -0.380 e. The third-order valence-electron chi connectivity index (χ3n) is 6.28. The number of ether oxygens (including phenoxy) is 1. The monoisotopic (exact) mass is 413 g/mol. The number of fused-ring (bicyclic) bond motifs is 1. The van der Waals surface area contributed by atoms with Crippen molar-refractivity contribution in [3.63, 3.8) is 0 Å². The molecule has 0 aromatic heterocycles. The van der Waals surface area contributed by atoms with Gasteiger partial charge in [-0.3, -0.25) is 19.8 Å². The van der Waals surface area contributed by atoms with Gasteiger partial charge in [0.05, 0.1) is 43.7 Å². The molecule has 0 radical (unpaired) electrons. The molecule has 1 fully saturated rings. The second-order valence-electron chi connectivity index (χ2n) is 8.41. The number of carbonyl (C=O) groups is 1. The molecule has 160 valence electrons. The number of halogens is 3. The standard InChI is InChI=1S/C19H26F3N5O2/c1-11-3-15(12-4-14(29-2)7-23-5-12)25-16-9-27(18(28)17(11)16)13-6-24-26(8-13)10-19(20,21)22/h5-6,11-15,17H,3-4,7-10H2,1-2H3. The van der Waals surface area contributed by atoms with Crippen LogP contribution in [0.15, 0.2) is 15.1 Å². The summed E-state index contributed by atoms with van der Waals surface area (Å²) in [6, 6.07) is -0.386. The summed E-state index contributed by atoms with van der Waals surface area (Å²) in [5.41, 5.74) is 0.842. The maximum absolute atomic E-state index is 13.0. The number of amides is 1. The van der Waals surface area contributed by atoms with Gasteiger partial charge in [0.25, 0.3) is 0 Å². The number of hydrogen-bond donors (Lipinski definition) is 0. The molecule has 0 spiro atoms. The van der Waals surface area contributed by atoms with E-state index in [2.05, 4.69) is 17.0 Å². The minimum absolute atomic E-state index is 0.0490. The van der Waals surface area contributed by atoms with E-state index in [-0.39, 0.29) is 42.4 Å². The normalized spacial score (nSPS) is 37.3. The summed E-state index contributed by atoms with van der Waals surface area (Å²) >= 11 is 0. The van der Waals surface area contributed by atoms with Crippen molar-refractivity contribution in [2.24, 2.45) is 32.8 Å². The molecule has 4 heterocycles. The maximum Gasteiger partial charge on any atom is 0.407 e. The number of nitrogens with zero attached hydrogens (tertiary/aromatic N) is 5. The lowest BCUT2D eigenvalue weighted by molar-refractivity contribution is -0.146. The predicted molar refractivity (Wildman–Crippen MR) is 102 cm³/mol. The molecule has 0 N–H and O–H groups in total. The van der Waals surface area contributed by atoms with E-state index in [1.807, 2.05) is 6.21 Å². The van der Waals surface area contributed by atoms with Crippen LogP contribution < -0.4 is 0 Å². The van der Waals surface area contributed by atoms with Crippen LogP contribution in [0, 0.1) is 17.8 Å². The molecule has 10 heteroatoms. The highest BCUT2D eigenvalue weighted by Gasteiger charge is 2.48. The summed E-state index contributed by atoms with van der Waals surface area (Å²) in [5, 5.41) is 4.82. The number of aliphatic imine (C=N–C) groups is 2. The van der Waals surface area contributed by atoms with Crippen molar-refractivity contribution in [2.45, 2.75) is 44.1 Å². The topological polar surface area (TPSA) is 69.9 Å². The molecule has 0 aromatic carbocycles. The van der Waals surface area contributed by atoms with E-state index in [0.29, 0.717) is 13.1 Å². The molecular formula is C19H26F3N5O2. The van der Waals surface area contributed by atoms with E-state index in [0.717, 1.165) is 23.6 Å². The molecule has 1 saturated heterocycles. The molecule has 0 saturated carbocycles. The van der Waals surface area contributed by atoms with Crippen LogP contribution in [0.25, 0.3) is 0 Å². The van der Waals surface area contributed by atoms with Gasteiger partial charge in [0.1, 0.15) is 6.54 Å². The molecule has 0 aliphatic carbocycles. The highest BCUT2D eigenvalue weighted by Crippen LogP contribution is 2.37. The fourth-order valence-corrected chi connectivity index (χ4v) is 4.85. The Morgan fingerprint density at radius 3 is 2.79 bits per heavy atom. The van der Waals surface area contributed by atoms with Crippen LogP contribution in [0.2, 0.25) is 0 Å². The van der Waals surface area contributed by atoms with Crippen LogP contribution >= 0.6 is 0 Å². The van der Waals surface area contributed by atoms with Gasteiger partial charge < -0.3 is 9.64 Å².